The topological polar surface area (TPSA) is 63.4 Å². The van der Waals surface area contributed by atoms with E-state index in [2.05, 4.69) is 42.3 Å². The number of carbonyl (C=O) groups is 1. The first-order chi connectivity index (χ1) is 12.1. The van der Waals surface area contributed by atoms with Crippen molar-refractivity contribution in [3.05, 3.63) is 45.3 Å². The van der Waals surface area contributed by atoms with Crippen molar-refractivity contribution in [2.75, 3.05) is 19.8 Å². The van der Waals surface area contributed by atoms with Gasteiger partial charge in [-0.2, -0.15) is 0 Å². The van der Waals surface area contributed by atoms with E-state index in [1.807, 2.05) is 5.38 Å². The highest BCUT2D eigenvalue weighted by Gasteiger charge is 2.23. The third kappa shape index (κ3) is 2.98. The molecule has 0 saturated heterocycles. The Balaban J connectivity index is 1.46. The molecule has 0 saturated carbocycles. The van der Waals surface area contributed by atoms with Crippen molar-refractivity contribution in [1.29, 1.82) is 0 Å². The molecule has 0 aliphatic carbocycles. The minimum atomic E-state index is -0.106. The number of aromatic amines is 1. The molecule has 0 unspecified atom stereocenters. The molecule has 5 nitrogen and oxygen atoms in total. The van der Waals surface area contributed by atoms with Crippen molar-refractivity contribution in [2.24, 2.45) is 0 Å². The summed E-state index contributed by atoms with van der Waals surface area (Å²) in [6.07, 6.45) is 0.784. The molecule has 1 aliphatic rings. The first kappa shape index (κ1) is 16.0. The van der Waals surface area contributed by atoms with Crippen LogP contribution in [0.15, 0.2) is 23.6 Å². The molecule has 3 heterocycles. The number of benzene rings is 1. The second-order valence-electron chi connectivity index (χ2n) is 6.24. The van der Waals surface area contributed by atoms with E-state index in [9.17, 15) is 4.79 Å². The van der Waals surface area contributed by atoms with Gasteiger partial charge in [0.2, 0.25) is 0 Å². The van der Waals surface area contributed by atoms with Crippen molar-refractivity contribution < 1.29 is 14.3 Å². The Morgan fingerprint density at radius 3 is 3.00 bits per heavy atom. The van der Waals surface area contributed by atoms with E-state index in [-0.39, 0.29) is 5.91 Å². The van der Waals surface area contributed by atoms with Crippen LogP contribution in [0.2, 0.25) is 0 Å². The number of rotatable bonds is 4. The molecule has 0 fully saturated rings. The third-order valence-corrected chi connectivity index (χ3v) is 5.38. The van der Waals surface area contributed by atoms with Crippen molar-refractivity contribution in [3.8, 4) is 11.5 Å². The van der Waals surface area contributed by atoms with Gasteiger partial charge in [0, 0.05) is 28.5 Å². The Hall–Kier alpha value is -2.47. The summed E-state index contributed by atoms with van der Waals surface area (Å²) in [5.41, 5.74) is 4.79. The number of ether oxygens (including phenoxy) is 2. The van der Waals surface area contributed by atoms with Crippen molar-refractivity contribution in [3.63, 3.8) is 0 Å². The van der Waals surface area contributed by atoms with E-state index in [1.165, 1.54) is 27.8 Å². The maximum atomic E-state index is 12.5. The van der Waals surface area contributed by atoms with E-state index in [0.29, 0.717) is 36.1 Å². The number of amides is 1. The van der Waals surface area contributed by atoms with Crippen LogP contribution in [0.1, 0.15) is 26.5 Å². The highest BCUT2D eigenvalue weighted by Crippen LogP contribution is 2.39. The smallest absolute Gasteiger partial charge is 0.265 e. The number of carbonyl (C=O) groups excluding carboxylic acids is 1. The van der Waals surface area contributed by atoms with Crippen LogP contribution < -0.4 is 14.8 Å². The number of H-pyrrole nitrogens is 1. The molecule has 0 spiro atoms. The highest BCUT2D eigenvalue weighted by atomic mass is 32.1. The lowest BCUT2D eigenvalue weighted by molar-refractivity contribution is 0.0949. The summed E-state index contributed by atoms with van der Waals surface area (Å²) in [5, 5.41) is 6.06. The predicted molar refractivity (Wildman–Crippen MR) is 99.1 cm³/mol. The molecule has 6 heteroatoms. The minimum absolute atomic E-state index is 0.106. The summed E-state index contributed by atoms with van der Waals surface area (Å²) >= 11 is 1.36. The lowest BCUT2D eigenvalue weighted by atomic mass is 10.1. The number of aromatic nitrogens is 1. The van der Waals surface area contributed by atoms with Gasteiger partial charge in [-0.15, -0.1) is 11.3 Å². The van der Waals surface area contributed by atoms with Gasteiger partial charge in [0.05, 0.1) is 0 Å². The van der Waals surface area contributed by atoms with Crippen LogP contribution in [0.3, 0.4) is 0 Å². The Morgan fingerprint density at radius 1 is 1.28 bits per heavy atom. The van der Waals surface area contributed by atoms with Gasteiger partial charge < -0.3 is 19.8 Å². The molecule has 0 radical (unpaired) electrons. The summed E-state index contributed by atoms with van der Waals surface area (Å²) in [6, 6.07) is 6.40. The summed E-state index contributed by atoms with van der Waals surface area (Å²) in [5.74, 6) is 1.14. The second kappa shape index (κ2) is 6.44. The molecule has 25 heavy (non-hydrogen) atoms. The fourth-order valence-corrected chi connectivity index (χ4v) is 4.07. The molecule has 1 amide bonds. The van der Waals surface area contributed by atoms with E-state index < -0.39 is 0 Å². The van der Waals surface area contributed by atoms with Gasteiger partial charge >= 0.3 is 0 Å². The molecule has 2 aromatic heterocycles. The van der Waals surface area contributed by atoms with Gasteiger partial charge in [0.1, 0.15) is 18.1 Å². The van der Waals surface area contributed by atoms with Gasteiger partial charge in [-0.05, 0) is 38.0 Å². The molecule has 0 bridgehead atoms. The average Bonchev–Trinajstić information content (AvgIpc) is 3.16. The van der Waals surface area contributed by atoms with E-state index in [0.717, 1.165) is 17.6 Å². The van der Waals surface area contributed by atoms with Gasteiger partial charge in [0.15, 0.2) is 11.5 Å². The zero-order valence-corrected chi connectivity index (χ0v) is 15.1. The zero-order valence-electron chi connectivity index (χ0n) is 14.3. The first-order valence-electron chi connectivity index (χ1n) is 8.36. The standard InChI is InChI=1S/C19H20N2O3S/c1-11-3-4-15-14(9-11)13(12(2)21-15)5-6-20-19(22)18-17-16(10-25-18)23-7-8-24-17/h3-4,9-10,21H,5-8H2,1-2H3,(H,20,22). The normalized spacial score (nSPS) is 13.2. The Morgan fingerprint density at radius 2 is 2.12 bits per heavy atom. The van der Waals surface area contributed by atoms with Crippen LogP contribution in [-0.2, 0) is 6.42 Å². The molecular formula is C19H20N2O3S. The minimum Gasteiger partial charge on any atom is -0.485 e. The van der Waals surface area contributed by atoms with Gasteiger partial charge in [-0.3, -0.25) is 4.79 Å². The molecule has 1 aromatic carbocycles. The molecule has 4 rings (SSSR count). The first-order valence-corrected chi connectivity index (χ1v) is 9.24. The molecule has 3 aromatic rings. The average molecular weight is 356 g/mol. The van der Waals surface area contributed by atoms with Crippen molar-refractivity contribution >= 4 is 28.1 Å². The molecule has 1 aliphatic heterocycles. The highest BCUT2D eigenvalue weighted by molar-refractivity contribution is 7.12. The van der Waals surface area contributed by atoms with Crippen molar-refractivity contribution in [2.45, 2.75) is 20.3 Å². The van der Waals surface area contributed by atoms with Crippen LogP contribution in [0, 0.1) is 13.8 Å². The van der Waals surface area contributed by atoms with Gasteiger partial charge in [-0.1, -0.05) is 11.6 Å². The molecular weight excluding hydrogens is 336 g/mol. The summed E-state index contributed by atoms with van der Waals surface area (Å²) in [4.78, 5) is 16.5. The molecule has 130 valence electrons. The van der Waals surface area contributed by atoms with Crippen LogP contribution in [-0.4, -0.2) is 30.6 Å². The van der Waals surface area contributed by atoms with E-state index >= 15 is 0 Å². The largest absolute Gasteiger partial charge is 0.485 e. The summed E-state index contributed by atoms with van der Waals surface area (Å²) in [7, 11) is 0. The fourth-order valence-electron chi connectivity index (χ4n) is 3.22. The lowest BCUT2D eigenvalue weighted by Crippen LogP contribution is -2.26. The van der Waals surface area contributed by atoms with E-state index in [1.54, 1.807) is 0 Å². The molecule has 0 atom stereocenters. The quantitative estimate of drug-likeness (QED) is 0.751. The number of nitrogens with one attached hydrogen (secondary N) is 2. The molecule has 2 N–H and O–H groups in total. The predicted octanol–water partition coefficient (Wildman–Crippen LogP) is 3.59. The van der Waals surface area contributed by atoms with Gasteiger partial charge in [0.25, 0.3) is 5.91 Å². The Bertz CT molecular complexity index is 942. The van der Waals surface area contributed by atoms with Crippen LogP contribution >= 0.6 is 11.3 Å². The Kier molecular flexibility index (Phi) is 4.13. The monoisotopic (exact) mass is 356 g/mol. The fraction of sp³-hybridized carbons (Fsp3) is 0.316. The van der Waals surface area contributed by atoms with Gasteiger partial charge in [-0.25, -0.2) is 0 Å². The lowest BCUT2D eigenvalue weighted by Gasteiger charge is -2.15. The Labute approximate surface area is 150 Å². The summed E-state index contributed by atoms with van der Waals surface area (Å²) < 4.78 is 11.1. The van der Waals surface area contributed by atoms with Crippen molar-refractivity contribution in [1.82, 2.24) is 10.3 Å². The van der Waals surface area contributed by atoms with Crippen LogP contribution in [0.5, 0.6) is 11.5 Å². The number of hydrogen-bond acceptors (Lipinski definition) is 4. The summed E-state index contributed by atoms with van der Waals surface area (Å²) in [6.45, 7) is 5.76. The number of aryl methyl sites for hydroxylation is 2. The van der Waals surface area contributed by atoms with E-state index in [4.69, 9.17) is 9.47 Å². The second-order valence-corrected chi connectivity index (χ2v) is 7.12. The number of hydrogen-bond donors (Lipinski definition) is 2. The maximum absolute atomic E-state index is 12.5. The maximum Gasteiger partial charge on any atom is 0.265 e. The van der Waals surface area contributed by atoms with Crippen LogP contribution in [0.4, 0.5) is 0 Å². The zero-order chi connectivity index (χ0) is 17.4. The SMILES string of the molecule is Cc1ccc2[nH]c(C)c(CCNC(=O)c3scc4c3OCCO4)c2c1. The third-order valence-electron chi connectivity index (χ3n) is 4.44. The number of thiophene rings is 1. The van der Waals surface area contributed by atoms with Crippen LogP contribution in [0.25, 0.3) is 10.9 Å². The number of fused-ring (bicyclic) bond motifs is 2.